The van der Waals surface area contributed by atoms with Gasteiger partial charge >= 0.3 is 5.97 Å². The lowest BCUT2D eigenvalue weighted by Gasteiger charge is -2.34. The molecule has 2 rings (SSSR count). The molecule has 0 bridgehead atoms. The van der Waals surface area contributed by atoms with Gasteiger partial charge in [-0.25, -0.2) is 4.39 Å². The molecule has 2 aromatic rings. The minimum absolute atomic E-state index is 0.339. The van der Waals surface area contributed by atoms with Gasteiger partial charge in [0.15, 0.2) is 0 Å². The number of thiophene rings is 1. The Labute approximate surface area is 125 Å². The van der Waals surface area contributed by atoms with Crippen molar-refractivity contribution in [2.75, 3.05) is 6.54 Å². The highest BCUT2D eigenvalue weighted by Gasteiger charge is 2.30. The third kappa shape index (κ3) is 3.21. The Balaban J connectivity index is 2.43. The number of nitrogens with zero attached hydrogens (tertiary/aromatic N) is 1. The lowest BCUT2D eigenvalue weighted by molar-refractivity contribution is -0.138. The summed E-state index contributed by atoms with van der Waals surface area (Å²) in [5, 5.41) is 9.36. The molecule has 0 saturated heterocycles. The van der Waals surface area contributed by atoms with Crippen molar-refractivity contribution in [1.29, 1.82) is 0 Å². The molecule has 1 amide bonds. The molecule has 6 heteroatoms. The Hall–Kier alpha value is -1.95. The summed E-state index contributed by atoms with van der Waals surface area (Å²) in [6, 6.07) is 6.14. The number of halogens is 1. The second-order valence-corrected chi connectivity index (χ2v) is 6.80. The molecule has 0 fully saturated rings. The van der Waals surface area contributed by atoms with Crippen LogP contribution >= 0.6 is 11.3 Å². The van der Waals surface area contributed by atoms with Crippen molar-refractivity contribution in [3.63, 3.8) is 0 Å². The number of carboxylic acid groups (broad SMARTS) is 1. The molecule has 0 spiro atoms. The maximum absolute atomic E-state index is 13.7. The number of rotatable bonds is 3. The smallest absolute Gasteiger partial charge is 0.323 e. The van der Waals surface area contributed by atoms with Gasteiger partial charge in [-0.1, -0.05) is 6.07 Å². The SMILES string of the molecule is CC(C)(C)N(CC(=O)O)C(=O)c1cc2c(F)cccc2s1. The number of benzene rings is 1. The predicted molar refractivity (Wildman–Crippen MR) is 80.2 cm³/mol. The van der Waals surface area contributed by atoms with Crippen LogP contribution in [0, 0.1) is 5.82 Å². The molecule has 0 radical (unpaired) electrons. The van der Waals surface area contributed by atoms with Gasteiger partial charge in [0.05, 0.1) is 4.88 Å². The van der Waals surface area contributed by atoms with Crippen LogP contribution in [0.2, 0.25) is 0 Å². The number of hydrogen-bond acceptors (Lipinski definition) is 3. The third-order valence-corrected chi connectivity index (χ3v) is 4.16. The Morgan fingerprint density at radius 1 is 1.33 bits per heavy atom. The molecule has 0 atom stereocenters. The molecule has 1 heterocycles. The molecule has 112 valence electrons. The molecule has 1 aromatic carbocycles. The minimum atomic E-state index is -1.08. The van der Waals surface area contributed by atoms with Gasteiger partial charge in [-0.3, -0.25) is 9.59 Å². The summed E-state index contributed by atoms with van der Waals surface area (Å²) < 4.78 is 14.4. The third-order valence-electron chi connectivity index (χ3n) is 3.07. The minimum Gasteiger partial charge on any atom is -0.480 e. The first-order valence-electron chi connectivity index (χ1n) is 6.42. The summed E-state index contributed by atoms with van der Waals surface area (Å²) >= 11 is 1.17. The Kier molecular flexibility index (Phi) is 4.00. The van der Waals surface area contributed by atoms with Crippen LogP contribution < -0.4 is 0 Å². The number of carboxylic acids is 1. The molecule has 0 aliphatic heterocycles. The fourth-order valence-electron chi connectivity index (χ4n) is 2.01. The lowest BCUT2D eigenvalue weighted by Crippen LogP contribution is -2.48. The average molecular weight is 309 g/mol. The van der Waals surface area contributed by atoms with Crippen molar-refractivity contribution in [2.45, 2.75) is 26.3 Å². The molecule has 1 N–H and O–H groups in total. The summed E-state index contributed by atoms with van der Waals surface area (Å²) in [5.74, 6) is -1.86. The molecular weight excluding hydrogens is 293 g/mol. The van der Waals surface area contributed by atoms with Crippen molar-refractivity contribution in [3.05, 3.63) is 35.0 Å². The van der Waals surface area contributed by atoms with Crippen LogP contribution in [0.4, 0.5) is 4.39 Å². The van der Waals surface area contributed by atoms with E-state index in [1.165, 1.54) is 28.4 Å². The fourth-order valence-corrected chi connectivity index (χ4v) is 3.04. The Morgan fingerprint density at radius 3 is 2.52 bits per heavy atom. The van der Waals surface area contributed by atoms with Crippen molar-refractivity contribution >= 4 is 33.3 Å². The van der Waals surface area contributed by atoms with Crippen LogP contribution in [0.15, 0.2) is 24.3 Å². The van der Waals surface area contributed by atoms with Gasteiger partial charge in [0.1, 0.15) is 12.4 Å². The van der Waals surface area contributed by atoms with Crippen LogP contribution in [0.25, 0.3) is 10.1 Å². The summed E-state index contributed by atoms with van der Waals surface area (Å²) in [5.41, 5.74) is -0.635. The van der Waals surface area contributed by atoms with Crippen molar-refractivity contribution in [2.24, 2.45) is 0 Å². The largest absolute Gasteiger partial charge is 0.480 e. The highest BCUT2D eigenvalue weighted by atomic mass is 32.1. The zero-order chi connectivity index (χ0) is 15.8. The van der Waals surface area contributed by atoms with Gasteiger partial charge < -0.3 is 10.0 Å². The van der Waals surface area contributed by atoms with Crippen LogP contribution in [0.5, 0.6) is 0 Å². The number of fused-ring (bicyclic) bond motifs is 1. The first kappa shape index (κ1) is 15.4. The van der Waals surface area contributed by atoms with E-state index in [0.29, 0.717) is 15.0 Å². The van der Waals surface area contributed by atoms with Gasteiger partial charge in [-0.2, -0.15) is 0 Å². The molecular formula is C15H16FNO3S. The van der Waals surface area contributed by atoms with E-state index < -0.39 is 17.4 Å². The highest BCUT2D eigenvalue weighted by molar-refractivity contribution is 7.20. The van der Waals surface area contributed by atoms with Gasteiger partial charge in [0.25, 0.3) is 5.91 Å². The lowest BCUT2D eigenvalue weighted by atomic mass is 10.1. The van der Waals surface area contributed by atoms with Gasteiger partial charge in [0.2, 0.25) is 0 Å². The summed E-state index contributed by atoms with van der Waals surface area (Å²) in [6.07, 6.45) is 0. The molecule has 1 aromatic heterocycles. The molecule has 21 heavy (non-hydrogen) atoms. The predicted octanol–water partition coefficient (Wildman–Crippen LogP) is 3.37. The monoisotopic (exact) mass is 309 g/mol. The number of carbonyl (C=O) groups excluding carboxylic acids is 1. The fraction of sp³-hybridized carbons (Fsp3) is 0.333. The molecule has 4 nitrogen and oxygen atoms in total. The van der Waals surface area contributed by atoms with E-state index in [-0.39, 0.29) is 12.4 Å². The van der Waals surface area contributed by atoms with Gasteiger partial charge in [-0.15, -0.1) is 11.3 Å². The normalized spacial score (nSPS) is 11.6. The van der Waals surface area contributed by atoms with Crippen LogP contribution in [-0.4, -0.2) is 34.0 Å². The summed E-state index contributed by atoms with van der Waals surface area (Å²) in [4.78, 5) is 25.1. The van der Waals surface area contributed by atoms with E-state index in [0.717, 1.165) is 0 Å². The van der Waals surface area contributed by atoms with E-state index >= 15 is 0 Å². The zero-order valence-electron chi connectivity index (χ0n) is 12.0. The maximum Gasteiger partial charge on any atom is 0.323 e. The van der Waals surface area contributed by atoms with E-state index in [1.807, 2.05) is 0 Å². The zero-order valence-corrected chi connectivity index (χ0v) is 12.8. The molecule has 0 aliphatic rings. The number of amides is 1. The number of aliphatic carboxylic acids is 1. The maximum atomic E-state index is 13.7. The highest BCUT2D eigenvalue weighted by Crippen LogP contribution is 2.29. The standard InChI is InChI=1S/C15H16FNO3S/c1-15(2,3)17(8-13(18)19)14(20)12-7-9-10(16)5-4-6-11(9)21-12/h4-7H,8H2,1-3H3,(H,18,19). The first-order chi connectivity index (χ1) is 9.70. The second kappa shape index (κ2) is 5.44. The average Bonchev–Trinajstić information content (AvgIpc) is 2.79. The summed E-state index contributed by atoms with van der Waals surface area (Å²) in [7, 11) is 0. The van der Waals surface area contributed by atoms with E-state index in [4.69, 9.17) is 5.11 Å². The van der Waals surface area contributed by atoms with Crippen molar-refractivity contribution in [3.8, 4) is 0 Å². The van der Waals surface area contributed by atoms with E-state index in [2.05, 4.69) is 0 Å². The molecule has 0 aliphatic carbocycles. The quantitative estimate of drug-likeness (QED) is 0.945. The number of hydrogen-bond donors (Lipinski definition) is 1. The Morgan fingerprint density at radius 2 is 2.00 bits per heavy atom. The van der Waals surface area contributed by atoms with E-state index in [1.54, 1.807) is 32.9 Å². The molecule has 0 unspecified atom stereocenters. The first-order valence-corrected chi connectivity index (χ1v) is 7.23. The van der Waals surface area contributed by atoms with Gasteiger partial charge in [0, 0.05) is 15.6 Å². The van der Waals surface area contributed by atoms with Gasteiger partial charge in [-0.05, 0) is 39.0 Å². The van der Waals surface area contributed by atoms with Crippen molar-refractivity contribution in [1.82, 2.24) is 4.90 Å². The topological polar surface area (TPSA) is 57.6 Å². The van der Waals surface area contributed by atoms with Crippen LogP contribution in [-0.2, 0) is 4.79 Å². The Bertz CT molecular complexity index is 702. The van der Waals surface area contributed by atoms with Crippen LogP contribution in [0.1, 0.15) is 30.4 Å². The number of carbonyl (C=O) groups is 2. The van der Waals surface area contributed by atoms with E-state index in [9.17, 15) is 14.0 Å². The van der Waals surface area contributed by atoms with Crippen molar-refractivity contribution < 1.29 is 19.1 Å². The second-order valence-electron chi connectivity index (χ2n) is 5.72. The summed E-state index contributed by atoms with van der Waals surface area (Å²) in [6.45, 7) is 4.91. The molecule has 0 saturated carbocycles. The van der Waals surface area contributed by atoms with Crippen LogP contribution in [0.3, 0.4) is 0 Å².